The molecule has 1 heterocycles. The third-order valence-corrected chi connectivity index (χ3v) is 5.26. The maximum absolute atomic E-state index is 12.9. The predicted octanol–water partition coefficient (Wildman–Crippen LogP) is 2.79. The van der Waals surface area contributed by atoms with Gasteiger partial charge < -0.3 is 19.8 Å². The molecule has 1 amide bonds. The van der Waals surface area contributed by atoms with Crippen molar-refractivity contribution in [2.24, 2.45) is 0 Å². The number of carbonyl (C=O) groups excluding carboxylic acids is 2. The number of nitrogens with zero attached hydrogens (tertiary/aromatic N) is 2. The number of hydrogen-bond donors (Lipinski definition) is 2. The molecule has 1 fully saturated rings. The molecule has 2 N–H and O–H groups in total. The lowest BCUT2D eigenvalue weighted by Crippen LogP contribution is -2.33. The molecule has 10 heteroatoms. The first-order chi connectivity index (χ1) is 14.8. The topological polar surface area (TPSA) is 130 Å². The Kier molecular flexibility index (Phi) is 7.16. The van der Waals surface area contributed by atoms with Crippen LogP contribution >= 0.6 is 15.9 Å². The van der Waals surface area contributed by atoms with Gasteiger partial charge in [-0.3, -0.25) is 19.7 Å². The number of carbonyl (C=O) groups is 2. The van der Waals surface area contributed by atoms with Gasteiger partial charge in [-0.05, 0) is 29.8 Å². The van der Waals surface area contributed by atoms with E-state index in [0.717, 1.165) is 4.47 Å². The molecule has 2 aromatic carbocycles. The number of halogens is 1. The van der Waals surface area contributed by atoms with E-state index in [2.05, 4.69) is 15.9 Å². The zero-order valence-corrected chi connectivity index (χ0v) is 17.8. The number of rotatable bonds is 8. The molecule has 2 aromatic rings. The number of aliphatic hydroxyl groups excluding tert-OH is 2. The largest absolute Gasteiger partial charge is 0.507 e. The van der Waals surface area contributed by atoms with Crippen LogP contribution in [0.1, 0.15) is 17.2 Å². The summed E-state index contributed by atoms with van der Waals surface area (Å²) in [7, 11) is 0. The van der Waals surface area contributed by atoms with Crippen molar-refractivity contribution in [3.8, 4) is 0 Å². The minimum Gasteiger partial charge on any atom is -0.507 e. The van der Waals surface area contributed by atoms with Crippen LogP contribution in [-0.2, 0) is 14.3 Å². The van der Waals surface area contributed by atoms with Crippen LogP contribution in [0.2, 0.25) is 0 Å². The maximum Gasteiger partial charge on any atom is 0.295 e. The summed E-state index contributed by atoms with van der Waals surface area (Å²) in [5, 5.41) is 30.6. The number of nitro groups is 1. The van der Waals surface area contributed by atoms with Gasteiger partial charge in [-0.25, -0.2) is 0 Å². The standard InChI is InChI=1S/C21H19BrN2O7/c22-15-3-1-2-14(12-15)18-17(19(26)13-4-6-16(7-5-13)24(29)30)20(27)21(28)23(18)8-10-31-11-9-25/h1-7,12,18,25-26H,8-11H2. The van der Waals surface area contributed by atoms with Gasteiger partial charge in [0.25, 0.3) is 17.4 Å². The van der Waals surface area contributed by atoms with Crippen molar-refractivity contribution in [1.82, 2.24) is 4.90 Å². The molecule has 0 aromatic heterocycles. The van der Waals surface area contributed by atoms with Gasteiger partial charge in [0, 0.05) is 28.7 Å². The van der Waals surface area contributed by atoms with E-state index in [4.69, 9.17) is 9.84 Å². The number of amides is 1. The molecule has 0 aliphatic carbocycles. The third kappa shape index (κ3) is 4.82. The summed E-state index contributed by atoms with van der Waals surface area (Å²) in [6, 6.07) is 11.2. The Morgan fingerprint density at radius 1 is 1.16 bits per heavy atom. The third-order valence-electron chi connectivity index (χ3n) is 4.77. The van der Waals surface area contributed by atoms with Gasteiger partial charge in [0.15, 0.2) is 0 Å². The SMILES string of the molecule is O=C1C(=O)N(CCOCCO)C(c2cccc(Br)c2)C1=C(O)c1ccc([N+](=O)[O-])cc1. The average molecular weight is 491 g/mol. The Bertz CT molecular complexity index is 1040. The second-order valence-electron chi connectivity index (χ2n) is 6.69. The van der Waals surface area contributed by atoms with Crippen molar-refractivity contribution in [2.45, 2.75) is 6.04 Å². The highest BCUT2D eigenvalue weighted by Crippen LogP contribution is 2.40. The summed E-state index contributed by atoms with van der Waals surface area (Å²) >= 11 is 3.37. The number of aliphatic hydroxyl groups is 2. The molecule has 162 valence electrons. The maximum atomic E-state index is 12.9. The summed E-state index contributed by atoms with van der Waals surface area (Å²) in [6.45, 7) is 0.0801. The molecule has 0 saturated carbocycles. The normalized spacial score (nSPS) is 17.9. The minimum absolute atomic E-state index is 0.0682. The van der Waals surface area contributed by atoms with Crippen LogP contribution in [0.4, 0.5) is 5.69 Å². The Morgan fingerprint density at radius 3 is 2.48 bits per heavy atom. The van der Waals surface area contributed by atoms with Gasteiger partial charge in [-0.2, -0.15) is 0 Å². The van der Waals surface area contributed by atoms with Crippen molar-refractivity contribution in [3.63, 3.8) is 0 Å². The lowest BCUT2D eigenvalue weighted by Gasteiger charge is -2.25. The molecule has 9 nitrogen and oxygen atoms in total. The quantitative estimate of drug-likeness (QED) is 0.145. The van der Waals surface area contributed by atoms with Crippen LogP contribution in [0.15, 0.2) is 58.6 Å². The first kappa shape index (κ1) is 22.6. The van der Waals surface area contributed by atoms with Crippen molar-refractivity contribution < 1.29 is 29.5 Å². The molecule has 1 unspecified atom stereocenters. The van der Waals surface area contributed by atoms with Crippen LogP contribution in [0.3, 0.4) is 0 Å². The lowest BCUT2D eigenvalue weighted by molar-refractivity contribution is -0.384. The van der Waals surface area contributed by atoms with Crippen LogP contribution in [0.5, 0.6) is 0 Å². The number of Topliss-reactive ketones (excluding diaryl/α,β-unsaturated/α-hetero) is 1. The van der Waals surface area contributed by atoms with Crippen molar-refractivity contribution in [1.29, 1.82) is 0 Å². The Morgan fingerprint density at radius 2 is 1.87 bits per heavy atom. The molecule has 3 rings (SSSR count). The van der Waals surface area contributed by atoms with E-state index < -0.39 is 28.4 Å². The zero-order valence-electron chi connectivity index (χ0n) is 16.2. The fraction of sp³-hybridized carbons (Fsp3) is 0.238. The molecule has 31 heavy (non-hydrogen) atoms. The molecule has 1 atom stereocenters. The summed E-state index contributed by atoms with van der Waals surface area (Å²) < 4.78 is 5.97. The van der Waals surface area contributed by atoms with Gasteiger partial charge in [0.05, 0.1) is 36.4 Å². The number of likely N-dealkylation sites (tertiary alicyclic amines) is 1. The number of ketones is 1. The predicted molar refractivity (Wildman–Crippen MR) is 114 cm³/mol. The van der Waals surface area contributed by atoms with E-state index in [1.165, 1.54) is 29.2 Å². The minimum atomic E-state index is -0.870. The van der Waals surface area contributed by atoms with E-state index in [-0.39, 0.29) is 43.2 Å². The van der Waals surface area contributed by atoms with Crippen molar-refractivity contribution in [2.75, 3.05) is 26.4 Å². The van der Waals surface area contributed by atoms with Gasteiger partial charge in [0.2, 0.25) is 0 Å². The number of benzene rings is 2. The monoisotopic (exact) mass is 490 g/mol. The Labute approximate surface area is 185 Å². The number of ether oxygens (including phenoxy) is 1. The van der Waals surface area contributed by atoms with E-state index >= 15 is 0 Å². The smallest absolute Gasteiger partial charge is 0.295 e. The first-order valence-corrected chi connectivity index (χ1v) is 10.1. The van der Waals surface area contributed by atoms with Crippen molar-refractivity contribution in [3.05, 3.63) is 79.8 Å². The average Bonchev–Trinajstić information content (AvgIpc) is 3.01. The summed E-state index contributed by atoms with van der Waals surface area (Å²) in [4.78, 5) is 37.2. The molecular weight excluding hydrogens is 472 g/mol. The van der Waals surface area contributed by atoms with Crippen LogP contribution in [-0.4, -0.2) is 58.1 Å². The van der Waals surface area contributed by atoms with Gasteiger partial charge in [-0.15, -0.1) is 0 Å². The van der Waals surface area contributed by atoms with E-state index in [1.807, 2.05) is 0 Å². The highest BCUT2D eigenvalue weighted by atomic mass is 79.9. The molecule has 0 spiro atoms. The van der Waals surface area contributed by atoms with Crippen molar-refractivity contribution >= 4 is 39.1 Å². The number of nitro benzene ring substituents is 1. The fourth-order valence-corrected chi connectivity index (χ4v) is 3.78. The number of non-ortho nitro benzene ring substituents is 1. The van der Waals surface area contributed by atoms with E-state index in [0.29, 0.717) is 5.56 Å². The van der Waals surface area contributed by atoms with Crippen LogP contribution < -0.4 is 0 Å². The second kappa shape index (κ2) is 9.82. The Hall–Kier alpha value is -3.08. The first-order valence-electron chi connectivity index (χ1n) is 9.32. The van der Waals surface area contributed by atoms with E-state index in [1.54, 1.807) is 24.3 Å². The van der Waals surface area contributed by atoms with Gasteiger partial charge >= 0.3 is 0 Å². The molecule has 0 bridgehead atoms. The van der Waals surface area contributed by atoms with E-state index in [9.17, 15) is 24.8 Å². The highest BCUT2D eigenvalue weighted by Gasteiger charge is 2.45. The Balaban J connectivity index is 2.06. The molecule has 1 saturated heterocycles. The second-order valence-corrected chi connectivity index (χ2v) is 7.60. The van der Waals surface area contributed by atoms with Crippen LogP contribution in [0.25, 0.3) is 5.76 Å². The van der Waals surface area contributed by atoms with Gasteiger partial charge in [-0.1, -0.05) is 28.1 Å². The summed E-state index contributed by atoms with van der Waals surface area (Å²) in [5.74, 6) is -2.07. The molecule has 1 aliphatic heterocycles. The van der Waals surface area contributed by atoms with Gasteiger partial charge in [0.1, 0.15) is 5.76 Å². The molecule has 1 aliphatic rings. The van der Waals surface area contributed by atoms with Crippen LogP contribution in [0, 0.1) is 10.1 Å². The zero-order chi connectivity index (χ0) is 22.5. The molecule has 0 radical (unpaired) electrons. The number of hydrogen-bond acceptors (Lipinski definition) is 7. The lowest BCUT2D eigenvalue weighted by atomic mass is 9.95. The summed E-state index contributed by atoms with van der Waals surface area (Å²) in [6.07, 6.45) is 0. The summed E-state index contributed by atoms with van der Waals surface area (Å²) in [5.41, 5.74) is 0.500. The highest BCUT2D eigenvalue weighted by molar-refractivity contribution is 9.10. The fourth-order valence-electron chi connectivity index (χ4n) is 3.36. The molecular formula is C21H19BrN2O7.